The monoisotopic (exact) mass is 305 g/mol. The first-order valence-electron chi connectivity index (χ1n) is 7.59. The first-order chi connectivity index (χ1) is 10.7. The van der Waals surface area contributed by atoms with Gasteiger partial charge in [-0.15, -0.1) is 0 Å². The van der Waals surface area contributed by atoms with Gasteiger partial charge >= 0.3 is 5.97 Å². The molecule has 4 rings (SSSR count). The first-order valence-corrected chi connectivity index (χ1v) is 7.59. The Labute approximate surface area is 128 Å². The van der Waals surface area contributed by atoms with Gasteiger partial charge in [0.1, 0.15) is 18.6 Å². The molecule has 3 heterocycles. The summed E-state index contributed by atoms with van der Waals surface area (Å²) in [6.45, 7) is 4.06. The molecule has 3 aliphatic rings. The van der Waals surface area contributed by atoms with Crippen LogP contribution in [0, 0.1) is 11.3 Å². The van der Waals surface area contributed by atoms with E-state index in [0.29, 0.717) is 33.0 Å². The predicted octanol–water partition coefficient (Wildman–Crippen LogP) is 0.991. The highest BCUT2D eigenvalue weighted by Gasteiger charge is 2.55. The van der Waals surface area contributed by atoms with Crippen molar-refractivity contribution in [1.82, 2.24) is 4.90 Å². The van der Waals surface area contributed by atoms with Crippen LogP contribution in [0.25, 0.3) is 0 Å². The van der Waals surface area contributed by atoms with Gasteiger partial charge in [0.05, 0.1) is 13.2 Å². The highest BCUT2D eigenvalue weighted by atomic mass is 16.6. The van der Waals surface area contributed by atoms with Crippen LogP contribution in [0.15, 0.2) is 18.2 Å². The fourth-order valence-corrected chi connectivity index (χ4v) is 3.71. The molecule has 0 aliphatic carbocycles. The van der Waals surface area contributed by atoms with Gasteiger partial charge in [-0.2, -0.15) is 0 Å². The largest absolute Gasteiger partial charge is 0.486 e. The number of nitrogens with zero attached hydrogens (tertiary/aromatic N) is 1. The van der Waals surface area contributed by atoms with Crippen molar-refractivity contribution in [2.45, 2.75) is 6.54 Å². The molecule has 0 amide bonds. The summed E-state index contributed by atoms with van der Waals surface area (Å²) < 4.78 is 16.5. The van der Waals surface area contributed by atoms with Crippen LogP contribution in [0.3, 0.4) is 0 Å². The van der Waals surface area contributed by atoms with E-state index in [2.05, 4.69) is 4.90 Å². The van der Waals surface area contributed by atoms with Gasteiger partial charge in [0.2, 0.25) is 0 Å². The molecule has 6 heteroatoms. The van der Waals surface area contributed by atoms with E-state index >= 15 is 0 Å². The van der Waals surface area contributed by atoms with E-state index in [-0.39, 0.29) is 5.92 Å². The molecule has 1 aromatic carbocycles. The average molecular weight is 305 g/mol. The number of benzene rings is 1. The van der Waals surface area contributed by atoms with Gasteiger partial charge in [-0.1, -0.05) is 6.07 Å². The number of likely N-dealkylation sites (tertiary alicyclic amines) is 1. The van der Waals surface area contributed by atoms with E-state index in [0.717, 1.165) is 30.2 Å². The molecule has 0 radical (unpaired) electrons. The van der Waals surface area contributed by atoms with Crippen LogP contribution in [0.5, 0.6) is 11.5 Å². The Bertz CT molecular complexity index is 604. The van der Waals surface area contributed by atoms with Crippen molar-refractivity contribution in [2.24, 2.45) is 11.3 Å². The zero-order valence-corrected chi connectivity index (χ0v) is 12.3. The summed E-state index contributed by atoms with van der Waals surface area (Å²) >= 11 is 0. The Morgan fingerprint density at radius 3 is 2.91 bits per heavy atom. The Morgan fingerprint density at radius 1 is 1.32 bits per heavy atom. The molecule has 0 bridgehead atoms. The van der Waals surface area contributed by atoms with Crippen LogP contribution in [-0.2, 0) is 16.1 Å². The minimum absolute atomic E-state index is 0.0854. The number of carboxylic acids is 1. The Kier molecular flexibility index (Phi) is 3.23. The minimum Gasteiger partial charge on any atom is -0.486 e. The number of fused-ring (bicyclic) bond motifs is 2. The lowest BCUT2D eigenvalue weighted by Gasteiger charge is -2.23. The van der Waals surface area contributed by atoms with Crippen LogP contribution in [0.2, 0.25) is 0 Å². The number of carbonyl (C=O) groups is 1. The van der Waals surface area contributed by atoms with Crippen LogP contribution < -0.4 is 9.47 Å². The SMILES string of the molecule is O=C(O)[C@]12COC[C@H]1CN(Cc1ccc3c(c1)OCCO3)C2. The smallest absolute Gasteiger partial charge is 0.313 e. The van der Waals surface area contributed by atoms with Gasteiger partial charge in [0.15, 0.2) is 11.5 Å². The van der Waals surface area contributed by atoms with E-state index < -0.39 is 11.4 Å². The lowest BCUT2D eigenvalue weighted by Crippen LogP contribution is -2.38. The van der Waals surface area contributed by atoms with Gasteiger partial charge in [-0.3, -0.25) is 9.69 Å². The van der Waals surface area contributed by atoms with E-state index in [4.69, 9.17) is 14.2 Å². The molecular weight excluding hydrogens is 286 g/mol. The molecule has 0 spiro atoms. The third-order valence-electron chi connectivity index (χ3n) is 4.88. The molecule has 1 N–H and O–H groups in total. The van der Waals surface area contributed by atoms with Crippen molar-refractivity contribution >= 4 is 5.97 Å². The second kappa shape index (κ2) is 5.14. The minimum atomic E-state index is -0.736. The third-order valence-corrected chi connectivity index (χ3v) is 4.88. The van der Waals surface area contributed by atoms with Crippen LogP contribution in [0.1, 0.15) is 5.56 Å². The van der Waals surface area contributed by atoms with Gasteiger partial charge in [-0.05, 0) is 17.7 Å². The maximum atomic E-state index is 11.7. The summed E-state index contributed by atoms with van der Waals surface area (Å²) in [6.07, 6.45) is 0. The summed E-state index contributed by atoms with van der Waals surface area (Å²) in [6, 6.07) is 5.94. The number of carboxylic acid groups (broad SMARTS) is 1. The number of hydrogen-bond donors (Lipinski definition) is 1. The Hall–Kier alpha value is -1.79. The quantitative estimate of drug-likeness (QED) is 0.898. The molecule has 2 saturated heterocycles. The van der Waals surface area contributed by atoms with E-state index in [1.54, 1.807) is 0 Å². The summed E-state index contributed by atoms with van der Waals surface area (Å²) in [5.41, 5.74) is 0.388. The number of hydrogen-bond acceptors (Lipinski definition) is 5. The zero-order valence-electron chi connectivity index (χ0n) is 12.3. The van der Waals surface area contributed by atoms with Gasteiger partial charge in [0.25, 0.3) is 0 Å². The van der Waals surface area contributed by atoms with Crippen LogP contribution in [-0.4, -0.2) is 55.5 Å². The zero-order chi connectivity index (χ0) is 15.2. The molecule has 118 valence electrons. The number of aliphatic carboxylic acids is 1. The van der Waals surface area contributed by atoms with Crippen molar-refractivity contribution in [3.8, 4) is 11.5 Å². The molecule has 2 atom stereocenters. The predicted molar refractivity (Wildman–Crippen MR) is 77.1 cm³/mol. The average Bonchev–Trinajstić information content (AvgIpc) is 3.05. The van der Waals surface area contributed by atoms with E-state index in [1.807, 2.05) is 18.2 Å². The molecule has 0 aromatic heterocycles. The third kappa shape index (κ3) is 2.14. The number of ether oxygens (including phenoxy) is 3. The molecule has 3 aliphatic heterocycles. The molecular formula is C16H19NO5. The van der Waals surface area contributed by atoms with E-state index in [9.17, 15) is 9.90 Å². The molecule has 0 saturated carbocycles. The molecule has 6 nitrogen and oxygen atoms in total. The van der Waals surface area contributed by atoms with Crippen molar-refractivity contribution < 1.29 is 24.1 Å². The maximum absolute atomic E-state index is 11.7. The van der Waals surface area contributed by atoms with E-state index in [1.165, 1.54) is 0 Å². The highest BCUT2D eigenvalue weighted by molar-refractivity contribution is 5.76. The van der Waals surface area contributed by atoms with Gasteiger partial charge < -0.3 is 19.3 Å². The Morgan fingerprint density at radius 2 is 2.14 bits per heavy atom. The summed E-state index contributed by atoms with van der Waals surface area (Å²) in [7, 11) is 0. The summed E-state index contributed by atoms with van der Waals surface area (Å²) in [5, 5.41) is 9.57. The highest BCUT2D eigenvalue weighted by Crippen LogP contribution is 2.42. The fourth-order valence-electron chi connectivity index (χ4n) is 3.71. The van der Waals surface area contributed by atoms with Crippen molar-refractivity contribution in [1.29, 1.82) is 0 Å². The van der Waals surface area contributed by atoms with Gasteiger partial charge in [-0.25, -0.2) is 0 Å². The lowest BCUT2D eigenvalue weighted by molar-refractivity contribution is -0.149. The fraction of sp³-hybridized carbons (Fsp3) is 0.562. The molecule has 0 unspecified atom stereocenters. The molecule has 2 fully saturated rings. The van der Waals surface area contributed by atoms with Crippen LogP contribution >= 0.6 is 0 Å². The topological polar surface area (TPSA) is 68.2 Å². The van der Waals surface area contributed by atoms with Crippen molar-refractivity contribution in [2.75, 3.05) is 39.5 Å². The Balaban J connectivity index is 1.50. The standard InChI is InChI=1S/C16H19NO5/c18-15(19)16-9-17(7-12(16)8-20-10-16)6-11-1-2-13-14(5-11)22-4-3-21-13/h1-2,5,12H,3-4,6-10H2,(H,18,19)/t12-,16-/m1/s1. The van der Waals surface area contributed by atoms with Crippen LogP contribution in [0.4, 0.5) is 0 Å². The first kappa shape index (κ1) is 13.8. The lowest BCUT2D eigenvalue weighted by atomic mass is 9.81. The number of rotatable bonds is 3. The van der Waals surface area contributed by atoms with Crippen molar-refractivity contribution in [3.05, 3.63) is 23.8 Å². The summed E-state index contributed by atoms with van der Waals surface area (Å²) in [4.78, 5) is 13.9. The van der Waals surface area contributed by atoms with Gasteiger partial charge in [0, 0.05) is 25.6 Å². The maximum Gasteiger partial charge on any atom is 0.313 e. The normalized spacial score (nSPS) is 30.3. The van der Waals surface area contributed by atoms with Crippen molar-refractivity contribution in [3.63, 3.8) is 0 Å². The molecule has 1 aromatic rings. The second-order valence-corrected chi connectivity index (χ2v) is 6.32. The molecule has 22 heavy (non-hydrogen) atoms. The second-order valence-electron chi connectivity index (χ2n) is 6.32. The summed E-state index contributed by atoms with van der Waals surface area (Å²) in [5.74, 6) is 0.907.